The molecule has 1 rings (SSSR count). The first kappa shape index (κ1) is 15.5. The largest absolute Gasteiger partial charge is 0.266 e. The van der Waals surface area contributed by atoms with Gasteiger partial charge in [-0.15, -0.1) is 11.6 Å². The maximum absolute atomic E-state index is 12.5. The van der Waals surface area contributed by atoms with Crippen LogP contribution in [0.2, 0.25) is 0 Å². The Morgan fingerprint density at radius 1 is 1.50 bits per heavy atom. The van der Waals surface area contributed by atoms with Crippen LogP contribution in [0.4, 0.5) is 0 Å². The molecule has 18 heavy (non-hydrogen) atoms. The van der Waals surface area contributed by atoms with Crippen molar-refractivity contribution in [2.45, 2.75) is 44.6 Å². The number of aromatic nitrogens is 2. The zero-order chi connectivity index (χ0) is 14.1. The average molecular weight is 294 g/mol. The van der Waals surface area contributed by atoms with E-state index in [1.54, 1.807) is 7.05 Å². The summed E-state index contributed by atoms with van der Waals surface area (Å²) in [6.07, 6.45) is 1.44. The first-order chi connectivity index (χ1) is 8.12. The second kappa shape index (κ2) is 5.19. The Kier molecular flexibility index (Phi) is 4.46. The van der Waals surface area contributed by atoms with Crippen molar-refractivity contribution in [3.63, 3.8) is 0 Å². The summed E-state index contributed by atoms with van der Waals surface area (Å²) in [5, 5.41) is 6.35. The zero-order valence-corrected chi connectivity index (χ0v) is 12.9. The average Bonchev–Trinajstić information content (AvgIpc) is 2.74. The molecule has 0 spiro atoms. The molecule has 1 N–H and O–H groups in total. The summed E-state index contributed by atoms with van der Waals surface area (Å²) in [7, 11) is -2.02. The van der Waals surface area contributed by atoms with E-state index >= 15 is 0 Å². The highest BCUT2D eigenvalue weighted by Gasteiger charge is 2.34. The van der Waals surface area contributed by atoms with Crippen LogP contribution in [-0.4, -0.2) is 36.0 Å². The van der Waals surface area contributed by atoms with Crippen LogP contribution in [0.25, 0.3) is 0 Å². The fraction of sp³-hybridized carbons (Fsp3) is 0.727. The normalized spacial score (nSPS) is 15.1. The maximum Gasteiger partial charge on any atom is 0.260 e. The van der Waals surface area contributed by atoms with Crippen LogP contribution in [-0.2, 0) is 15.9 Å². The van der Waals surface area contributed by atoms with Gasteiger partial charge < -0.3 is 0 Å². The van der Waals surface area contributed by atoms with Gasteiger partial charge in [-0.05, 0) is 12.3 Å². The van der Waals surface area contributed by atoms with Gasteiger partial charge in [0.2, 0.25) is 0 Å². The van der Waals surface area contributed by atoms with Gasteiger partial charge in [-0.3, -0.25) is 5.10 Å². The van der Waals surface area contributed by atoms with Crippen LogP contribution >= 0.6 is 11.6 Å². The van der Waals surface area contributed by atoms with Crippen molar-refractivity contribution in [1.29, 1.82) is 0 Å². The maximum atomic E-state index is 12.5. The molecule has 1 heterocycles. The molecule has 1 unspecified atom stereocenters. The summed E-state index contributed by atoms with van der Waals surface area (Å²) >= 11 is 5.71. The number of hydrogen-bond donors (Lipinski definition) is 1. The highest BCUT2D eigenvalue weighted by molar-refractivity contribution is 7.89. The van der Waals surface area contributed by atoms with E-state index in [1.165, 1.54) is 10.5 Å². The molecule has 0 saturated heterocycles. The second-order valence-corrected chi connectivity index (χ2v) is 7.62. The van der Waals surface area contributed by atoms with Gasteiger partial charge in [-0.2, -0.15) is 9.40 Å². The van der Waals surface area contributed by atoms with Gasteiger partial charge in [0.25, 0.3) is 10.0 Å². The number of hydrogen-bond acceptors (Lipinski definition) is 3. The van der Waals surface area contributed by atoms with Gasteiger partial charge in [-0.1, -0.05) is 20.8 Å². The quantitative estimate of drug-likeness (QED) is 0.866. The van der Waals surface area contributed by atoms with Crippen molar-refractivity contribution < 1.29 is 8.42 Å². The number of halogens is 1. The molecule has 7 heteroatoms. The van der Waals surface area contributed by atoms with Crippen molar-refractivity contribution in [1.82, 2.24) is 14.5 Å². The van der Waals surface area contributed by atoms with Gasteiger partial charge in [0.15, 0.2) is 5.03 Å². The standard InChI is InChI=1S/C11H20ClN3O2S/c1-8(11(2,3)4)15(5)18(16,17)10-9(6-12)7-13-14-10/h7-8H,6H2,1-5H3,(H,13,14). The summed E-state index contributed by atoms with van der Waals surface area (Å²) in [6, 6.07) is -0.144. The topological polar surface area (TPSA) is 66.1 Å². The van der Waals surface area contributed by atoms with Gasteiger partial charge in [-0.25, -0.2) is 8.42 Å². The van der Waals surface area contributed by atoms with Crippen LogP contribution in [0.15, 0.2) is 11.2 Å². The van der Waals surface area contributed by atoms with Gasteiger partial charge in [0.05, 0.1) is 12.1 Å². The Morgan fingerprint density at radius 2 is 2.06 bits per heavy atom. The van der Waals surface area contributed by atoms with Crippen LogP contribution < -0.4 is 0 Å². The lowest BCUT2D eigenvalue weighted by molar-refractivity contribution is 0.216. The molecule has 1 atom stereocenters. The zero-order valence-electron chi connectivity index (χ0n) is 11.4. The number of nitrogens with one attached hydrogen (secondary N) is 1. The van der Waals surface area contributed by atoms with Crippen LogP contribution in [0, 0.1) is 5.41 Å². The first-order valence-corrected chi connectivity index (χ1v) is 7.66. The molecule has 0 amide bonds. The fourth-order valence-corrected chi connectivity index (χ4v) is 3.44. The molecule has 5 nitrogen and oxygen atoms in total. The van der Waals surface area contributed by atoms with Crippen molar-refractivity contribution in [3.05, 3.63) is 11.8 Å². The molecule has 104 valence electrons. The minimum Gasteiger partial charge on any atom is -0.266 e. The predicted octanol–water partition coefficient (Wildman–Crippen LogP) is 2.20. The van der Waals surface area contributed by atoms with Gasteiger partial charge in [0, 0.05) is 18.7 Å². The molecule has 0 bridgehead atoms. The van der Waals surface area contributed by atoms with Gasteiger partial charge in [0.1, 0.15) is 0 Å². The molecule has 0 fully saturated rings. The summed E-state index contributed by atoms with van der Waals surface area (Å²) in [6.45, 7) is 7.88. The Bertz CT molecular complexity index is 505. The SMILES string of the molecule is CC(N(C)S(=O)(=O)c1[nH]ncc1CCl)C(C)(C)C. The van der Waals surface area contributed by atoms with Gasteiger partial charge >= 0.3 is 0 Å². The number of sulfonamides is 1. The summed E-state index contributed by atoms with van der Waals surface area (Å²) in [5.41, 5.74) is 0.341. The van der Waals surface area contributed by atoms with E-state index in [-0.39, 0.29) is 22.4 Å². The summed E-state index contributed by atoms with van der Waals surface area (Å²) in [4.78, 5) is 0. The van der Waals surface area contributed by atoms with E-state index in [2.05, 4.69) is 10.2 Å². The molecule has 0 saturated carbocycles. The van der Waals surface area contributed by atoms with Crippen molar-refractivity contribution in [2.24, 2.45) is 5.41 Å². The lowest BCUT2D eigenvalue weighted by atomic mass is 9.88. The minimum absolute atomic E-state index is 0.0797. The van der Waals surface area contributed by atoms with Crippen molar-refractivity contribution >= 4 is 21.6 Å². The molecule has 1 aromatic heterocycles. The predicted molar refractivity (Wildman–Crippen MR) is 72.0 cm³/mol. The van der Waals surface area contributed by atoms with Crippen LogP contribution in [0.5, 0.6) is 0 Å². The van der Waals surface area contributed by atoms with E-state index < -0.39 is 10.0 Å². The third-order valence-corrected chi connectivity index (χ3v) is 5.49. The smallest absolute Gasteiger partial charge is 0.260 e. The molecule has 0 aromatic carbocycles. The molecule has 0 aliphatic carbocycles. The minimum atomic E-state index is -3.59. The number of rotatable bonds is 4. The van der Waals surface area contributed by atoms with Crippen molar-refractivity contribution in [3.8, 4) is 0 Å². The first-order valence-electron chi connectivity index (χ1n) is 5.68. The Morgan fingerprint density at radius 3 is 2.50 bits per heavy atom. The molecule has 0 radical (unpaired) electrons. The number of aromatic amines is 1. The summed E-state index contributed by atoms with van der Waals surface area (Å²) < 4.78 is 26.3. The molecule has 0 aliphatic rings. The highest BCUT2D eigenvalue weighted by Crippen LogP contribution is 2.28. The third-order valence-electron chi connectivity index (χ3n) is 3.26. The Hall–Kier alpha value is -0.590. The van der Waals surface area contributed by atoms with E-state index in [4.69, 9.17) is 11.6 Å². The summed E-state index contributed by atoms with van der Waals surface area (Å²) in [5.74, 6) is 0.114. The molecule has 0 aliphatic heterocycles. The molecule has 1 aromatic rings. The van der Waals surface area contributed by atoms with Crippen LogP contribution in [0.3, 0.4) is 0 Å². The Balaban J connectivity index is 3.16. The number of nitrogens with zero attached hydrogens (tertiary/aromatic N) is 2. The van der Waals surface area contributed by atoms with Crippen LogP contribution in [0.1, 0.15) is 33.3 Å². The lowest BCUT2D eigenvalue weighted by Gasteiger charge is -2.34. The molecular formula is C11H20ClN3O2S. The van der Waals surface area contributed by atoms with E-state index in [1.807, 2.05) is 27.7 Å². The second-order valence-electron chi connectivity index (χ2n) is 5.42. The van der Waals surface area contributed by atoms with E-state index in [0.29, 0.717) is 5.56 Å². The number of alkyl halides is 1. The van der Waals surface area contributed by atoms with Crippen molar-refractivity contribution in [2.75, 3.05) is 7.05 Å². The monoisotopic (exact) mass is 293 g/mol. The number of H-pyrrole nitrogens is 1. The van der Waals surface area contributed by atoms with E-state index in [0.717, 1.165) is 0 Å². The Labute approximate surface area is 114 Å². The third kappa shape index (κ3) is 2.87. The molecular weight excluding hydrogens is 274 g/mol. The van der Waals surface area contributed by atoms with E-state index in [9.17, 15) is 8.42 Å². The lowest BCUT2D eigenvalue weighted by Crippen LogP contribution is -2.43. The highest BCUT2D eigenvalue weighted by atomic mass is 35.5. The fourth-order valence-electron chi connectivity index (χ4n) is 1.52.